The molecule has 2 nitrogen and oxygen atoms in total. The second-order valence-electron chi connectivity index (χ2n) is 13.7. The molecule has 0 aromatic rings. The van der Waals surface area contributed by atoms with Crippen LogP contribution in [0.5, 0.6) is 0 Å². The van der Waals surface area contributed by atoms with Gasteiger partial charge in [-0.15, -0.1) is 0 Å². The lowest BCUT2D eigenvalue weighted by Gasteiger charge is -2.38. The van der Waals surface area contributed by atoms with Gasteiger partial charge in [0, 0.05) is 5.92 Å². The molecule has 0 spiro atoms. The molecule has 0 fully saturated rings. The van der Waals surface area contributed by atoms with Crippen LogP contribution in [-0.2, 0) is 0 Å². The van der Waals surface area contributed by atoms with Crippen molar-refractivity contribution in [3.8, 4) is 0 Å². The Labute approximate surface area is 257 Å². The van der Waals surface area contributed by atoms with Crippen LogP contribution in [-0.4, -0.2) is 22.4 Å². The van der Waals surface area contributed by atoms with Gasteiger partial charge in [0.25, 0.3) is 0 Å². The molecule has 3 atom stereocenters. The summed E-state index contributed by atoms with van der Waals surface area (Å²) in [5.74, 6) is 0.348. The van der Waals surface area contributed by atoms with Crippen LogP contribution < -0.4 is 0 Å². The highest BCUT2D eigenvalue weighted by Gasteiger charge is 2.34. The van der Waals surface area contributed by atoms with Gasteiger partial charge in [-0.1, -0.05) is 152 Å². The van der Waals surface area contributed by atoms with Crippen molar-refractivity contribution in [2.24, 2.45) is 16.7 Å². The average Bonchev–Trinajstić information content (AvgIpc) is 2.84. The summed E-state index contributed by atoms with van der Waals surface area (Å²) in [4.78, 5) is 0. The smallest absolute Gasteiger partial charge is 0.0729 e. The normalized spacial score (nSPS) is 26.6. The molecular weight excluding hydrogens is 512 g/mol. The van der Waals surface area contributed by atoms with Crippen molar-refractivity contribution in [1.29, 1.82) is 0 Å². The Balaban J connectivity index is 1.90. The molecule has 2 N–H and O–H groups in total. The highest BCUT2D eigenvalue weighted by Crippen LogP contribution is 2.42. The Hall–Kier alpha value is -2.94. The quantitative estimate of drug-likeness (QED) is 0.203. The Morgan fingerprint density at radius 2 is 1.21 bits per heavy atom. The van der Waals surface area contributed by atoms with E-state index in [1.165, 1.54) is 39.0 Å². The lowest BCUT2D eigenvalue weighted by Crippen LogP contribution is -2.32. The molecule has 0 aromatic heterocycles. The van der Waals surface area contributed by atoms with E-state index in [-0.39, 0.29) is 23.0 Å². The second kappa shape index (κ2) is 16.1. The lowest BCUT2D eigenvalue weighted by atomic mass is 9.67. The third kappa shape index (κ3) is 11.7. The van der Waals surface area contributed by atoms with Crippen LogP contribution in [0.2, 0.25) is 0 Å². The number of hydrogen-bond donors (Lipinski definition) is 2. The molecule has 228 valence electrons. The summed E-state index contributed by atoms with van der Waals surface area (Å²) in [6.45, 7) is 21.6. The molecule has 0 bridgehead atoms. The maximum Gasteiger partial charge on any atom is 0.0729 e. The molecule has 0 radical (unpaired) electrons. The summed E-state index contributed by atoms with van der Waals surface area (Å²) in [7, 11) is 0. The fourth-order valence-electron chi connectivity index (χ4n) is 6.14. The van der Waals surface area contributed by atoms with Crippen molar-refractivity contribution >= 4 is 0 Å². The Morgan fingerprint density at radius 3 is 1.74 bits per heavy atom. The maximum absolute atomic E-state index is 10.1. The molecule has 42 heavy (non-hydrogen) atoms. The van der Waals surface area contributed by atoms with E-state index < -0.39 is 0 Å². The topological polar surface area (TPSA) is 40.5 Å². The summed E-state index contributed by atoms with van der Waals surface area (Å²) in [5.41, 5.74) is 8.73. The van der Waals surface area contributed by atoms with Crippen LogP contribution >= 0.6 is 0 Å². The third-order valence-corrected chi connectivity index (χ3v) is 8.33. The van der Waals surface area contributed by atoms with E-state index in [0.29, 0.717) is 5.92 Å². The molecule has 2 rings (SSSR count). The highest BCUT2D eigenvalue weighted by atomic mass is 16.3. The SMILES string of the molecule is CC(C=CC=C(C)C=CC1=C(C)CC(O)CC1(C)C)=CC=CC=C(C)C=CC=C(C)C=CC1C(C)=C[C@H](O)CC1(C)C. The fourth-order valence-corrected chi connectivity index (χ4v) is 6.14. The third-order valence-electron chi connectivity index (χ3n) is 8.33. The van der Waals surface area contributed by atoms with Gasteiger partial charge in [-0.2, -0.15) is 0 Å². The molecule has 2 heteroatoms. The molecule has 2 aliphatic rings. The van der Waals surface area contributed by atoms with Crippen LogP contribution in [0.3, 0.4) is 0 Å². The number of aliphatic hydroxyl groups is 2. The minimum absolute atomic E-state index is 0.00528. The zero-order valence-corrected chi connectivity index (χ0v) is 27.9. The van der Waals surface area contributed by atoms with Gasteiger partial charge in [0.2, 0.25) is 0 Å². The van der Waals surface area contributed by atoms with Gasteiger partial charge in [0.1, 0.15) is 0 Å². The minimum Gasteiger partial charge on any atom is -0.393 e. The van der Waals surface area contributed by atoms with Gasteiger partial charge < -0.3 is 10.2 Å². The van der Waals surface area contributed by atoms with Crippen molar-refractivity contribution in [3.63, 3.8) is 0 Å². The van der Waals surface area contributed by atoms with Gasteiger partial charge in [0.05, 0.1) is 12.2 Å². The Bertz CT molecular complexity index is 1270. The number of hydrogen-bond acceptors (Lipinski definition) is 2. The first kappa shape index (κ1) is 35.3. The summed E-state index contributed by atoms with van der Waals surface area (Å²) in [5, 5.41) is 20.2. The van der Waals surface area contributed by atoms with E-state index in [9.17, 15) is 10.2 Å². The van der Waals surface area contributed by atoms with E-state index in [1.54, 1.807) is 0 Å². The van der Waals surface area contributed by atoms with Crippen molar-refractivity contribution in [2.45, 2.75) is 101 Å². The average molecular weight is 569 g/mol. The van der Waals surface area contributed by atoms with Crippen LogP contribution in [0.25, 0.3) is 0 Å². The van der Waals surface area contributed by atoms with Gasteiger partial charge in [-0.3, -0.25) is 0 Å². The van der Waals surface area contributed by atoms with Crippen LogP contribution in [0.1, 0.15) is 88.5 Å². The molecule has 0 saturated heterocycles. The van der Waals surface area contributed by atoms with E-state index >= 15 is 0 Å². The molecule has 2 aliphatic carbocycles. The van der Waals surface area contributed by atoms with Crippen molar-refractivity contribution in [3.05, 3.63) is 130 Å². The monoisotopic (exact) mass is 568 g/mol. The highest BCUT2D eigenvalue weighted by molar-refractivity contribution is 5.38. The van der Waals surface area contributed by atoms with E-state index in [2.05, 4.69) is 154 Å². The van der Waals surface area contributed by atoms with Gasteiger partial charge >= 0.3 is 0 Å². The predicted molar refractivity (Wildman–Crippen MR) is 184 cm³/mol. The molecule has 0 aromatic carbocycles. The molecule has 0 saturated carbocycles. The first-order chi connectivity index (χ1) is 19.6. The fraction of sp³-hybridized carbons (Fsp3) is 0.450. The first-order valence-electron chi connectivity index (χ1n) is 15.4. The molecule has 0 amide bonds. The second-order valence-corrected chi connectivity index (χ2v) is 13.7. The van der Waals surface area contributed by atoms with Crippen LogP contribution in [0, 0.1) is 16.7 Å². The number of rotatable bonds is 10. The summed E-state index contributed by atoms with van der Waals surface area (Å²) in [6.07, 6.45) is 33.8. The Kier molecular flexibility index (Phi) is 13.5. The zero-order valence-electron chi connectivity index (χ0n) is 27.9. The largest absolute Gasteiger partial charge is 0.393 e. The number of aliphatic hydroxyl groups excluding tert-OH is 2. The minimum atomic E-state index is -0.331. The molecule has 0 heterocycles. The molecular formula is C40H56O2. The van der Waals surface area contributed by atoms with Crippen molar-refractivity contribution < 1.29 is 10.2 Å². The lowest BCUT2D eigenvalue weighted by molar-refractivity contribution is 0.116. The molecule has 2 unspecified atom stereocenters. The van der Waals surface area contributed by atoms with Crippen molar-refractivity contribution in [1.82, 2.24) is 0 Å². The molecule has 0 aliphatic heterocycles. The Morgan fingerprint density at radius 1 is 0.714 bits per heavy atom. The van der Waals surface area contributed by atoms with E-state index in [0.717, 1.165) is 19.3 Å². The number of allylic oxidation sites excluding steroid dienone is 20. The first-order valence-corrected chi connectivity index (χ1v) is 15.4. The van der Waals surface area contributed by atoms with Crippen LogP contribution in [0.4, 0.5) is 0 Å². The summed E-state index contributed by atoms with van der Waals surface area (Å²) in [6, 6.07) is 0. The van der Waals surface area contributed by atoms with Crippen molar-refractivity contribution in [2.75, 3.05) is 0 Å². The van der Waals surface area contributed by atoms with Crippen LogP contribution in [0.15, 0.2) is 130 Å². The van der Waals surface area contributed by atoms with Gasteiger partial charge in [-0.25, -0.2) is 0 Å². The maximum atomic E-state index is 10.1. The van der Waals surface area contributed by atoms with E-state index in [4.69, 9.17) is 0 Å². The van der Waals surface area contributed by atoms with Gasteiger partial charge in [0.15, 0.2) is 0 Å². The predicted octanol–water partition coefficient (Wildman–Crippen LogP) is 10.4. The standard InChI is InChI=1S/C40H56O2/c1-29(17-13-19-31(3)21-23-37-33(5)25-35(41)27-39(37,7)8)15-11-12-16-30(2)18-14-20-32(4)22-24-38-34(6)26-36(42)28-40(38,9)10/h11-25,35-37,41-42H,26-28H2,1-10H3/t35-,36?,37?/m0/s1. The van der Waals surface area contributed by atoms with E-state index in [1.807, 2.05) is 6.08 Å². The summed E-state index contributed by atoms with van der Waals surface area (Å²) < 4.78 is 0. The van der Waals surface area contributed by atoms with Gasteiger partial charge in [-0.05, 0) is 77.2 Å². The zero-order chi connectivity index (χ0) is 31.5. The summed E-state index contributed by atoms with van der Waals surface area (Å²) >= 11 is 0.